The molecule has 4 heteroatoms. The maximum atomic E-state index is 6.80. The highest BCUT2D eigenvalue weighted by molar-refractivity contribution is 6.21. The molecule has 13 aromatic rings. The van der Waals surface area contributed by atoms with Crippen LogP contribution < -0.4 is 9.80 Å². The van der Waals surface area contributed by atoms with Gasteiger partial charge in [0, 0.05) is 72.6 Å². The molecule has 2 heterocycles. The second-order valence-electron chi connectivity index (χ2n) is 21.4. The second-order valence-corrected chi connectivity index (χ2v) is 21.4. The lowest BCUT2D eigenvalue weighted by atomic mass is 9.82. The van der Waals surface area contributed by atoms with Gasteiger partial charge in [-0.15, -0.1) is 0 Å². The van der Waals surface area contributed by atoms with Crippen molar-refractivity contribution in [2.45, 2.75) is 45.4 Å². The number of para-hydroxylation sites is 2. The van der Waals surface area contributed by atoms with Crippen molar-refractivity contribution < 1.29 is 8.83 Å². The van der Waals surface area contributed by atoms with Crippen LogP contribution in [0.2, 0.25) is 0 Å². The van der Waals surface area contributed by atoms with E-state index in [2.05, 4.69) is 257 Å². The standard InChI is InChI=1S/C69H50N2O2/c1-41-66-56-34-42-24-26-48(70(46-16-8-6-9-17-46)50-28-30-60-54(38-50)52-20-12-14-22-58(52)68(60,2)3)32-44(42)36-62(56)72-64(66)40-65-67(41)57-35-43-25-27-49(33-45(43)37-63(57)73-65)71(47-18-10-7-11-19-47)51-29-31-61-55(39-51)53-21-13-15-23-59(53)69(61,4)5/h6-40H,1-5H3. The SMILES string of the molecule is Cc1c2c(cc3oc4cc5cc(N(c6ccccc6)c6ccc7c(c6)-c6ccccc6C7(C)C)ccc5cc4c13)oc1cc3cc(N(c4ccccc4)c4ccc5c(c4)-c4ccccc4C5(C)C)ccc3cc12. The van der Waals surface area contributed by atoms with Gasteiger partial charge in [0.05, 0.1) is 0 Å². The molecule has 0 saturated heterocycles. The molecule has 0 spiro atoms. The molecular formula is C69H50N2O2. The van der Waals surface area contributed by atoms with Gasteiger partial charge in [0.25, 0.3) is 0 Å². The number of aryl methyl sites for hydroxylation is 1. The van der Waals surface area contributed by atoms with Gasteiger partial charge in [-0.25, -0.2) is 0 Å². The molecule has 15 rings (SSSR count). The van der Waals surface area contributed by atoms with Crippen molar-refractivity contribution in [3.63, 3.8) is 0 Å². The molecule has 73 heavy (non-hydrogen) atoms. The molecule has 4 nitrogen and oxygen atoms in total. The van der Waals surface area contributed by atoms with E-state index in [0.29, 0.717) is 0 Å². The normalized spacial score (nSPS) is 14.0. The minimum atomic E-state index is -0.0569. The molecule has 2 aromatic heterocycles. The van der Waals surface area contributed by atoms with Gasteiger partial charge in [0.15, 0.2) is 0 Å². The van der Waals surface area contributed by atoms with Crippen LogP contribution in [-0.4, -0.2) is 0 Å². The Bertz CT molecular complexity index is 4180. The van der Waals surface area contributed by atoms with Crippen molar-refractivity contribution in [3.05, 3.63) is 240 Å². The third kappa shape index (κ3) is 6.07. The van der Waals surface area contributed by atoms with Gasteiger partial charge < -0.3 is 18.6 Å². The molecule has 11 aromatic carbocycles. The summed E-state index contributed by atoms with van der Waals surface area (Å²) in [5.41, 5.74) is 21.8. The van der Waals surface area contributed by atoms with Crippen molar-refractivity contribution in [2.24, 2.45) is 0 Å². The lowest BCUT2D eigenvalue weighted by Crippen LogP contribution is -2.15. The first-order valence-electron chi connectivity index (χ1n) is 25.5. The van der Waals surface area contributed by atoms with Crippen molar-refractivity contribution in [1.29, 1.82) is 0 Å². The van der Waals surface area contributed by atoms with Crippen LogP contribution in [0.1, 0.15) is 55.5 Å². The predicted molar refractivity (Wildman–Crippen MR) is 305 cm³/mol. The zero-order valence-electron chi connectivity index (χ0n) is 41.4. The zero-order chi connectivity index (χ0) is 48.9. The predicted octanol–water partition coefficient (Wildman–Crippen LogP) is 19.7. The van der Waals surface area contributed by atoms with Gasteiger partial charge >= 0.3 is 0 Å². The fourth-order valence-electron chi connectivity index (χ4n) is 12.9. The smallest absolute Gasteiger partial charge is 0.139 e. The third-order valence-corrected chi connectivity index (χ3v) is 16.5. The van der Waals surface area contributed by atoms with Crippen LogP contribution in [0.4, 0.5) is 34.1 Å². The maximum Gasteiger partial charge on any atom is 0.139 e. The fourth-order valence-corrected chi connectivity index (χ4v) is 12.9. The van der Waals surface area contributed by atoms with E-state index in [1.807, 2.05) is 0 Å². The summed E-state index contributed by atoms with van der Waals surface area (Å²) in [4.78, 5) is 4.75. The minimum absolute atomic E-state index is 0.0569. The molecule has 0 bridgehead atoms. The van der Waals surface area contributed by atoms with E-state index in [4.69, 9.17) is 8.83 Å². The third-order valence-electron chi connectivity index (χ3n) is 16.5. The summed E-state index contributed by atoms with van der Waals surface area (Å²) >= 11 is 0. The lowest BCUT2D eigenvalue weighted by Gasteiger charge is -2.27. The average molecular weight is 939 g/mol. The summed E-state index contributed by atoms with van der Waals surface area (Å²) in [6.07, 6.45) is 0. The summed E-state index contributed by atoms with van der Waals surface area (Å²) in [5, 5.41) is 9.01. The molecule has 0 radical (unpaired) electrons. The maximum absolute atomic E-state index is 6.80. The molecule has 348 valence electrons. The molecule has 0 aliphatic heterocycles. The Kier molecular flexibility index (Phi) is 8.65. The molecule has 0 saturated carbocycles. The Morgan fingerprint density at radius 2 is 0.685 bits per heavy atom. The first-order chi connectivity index (χ1) is 35.6. The Morgan fingerprint density at radius 1 is 0.301 bits per heavy atom. The molecule has 2 aliphatic carbocycles. The first-order valence-corrected chi connectivity index (χ1v) is 25.5. The van der Waals surface area contributed by atoms with E-state index in [0.717, 1.165) is 105 Å². The van der Waals surface area contributed by atoms with Gasteiger partial charge in [-0.05, 0) is 176 Å². The Balaban J connectivity index is 0.820. The molecule has 0 fully saturated rings. The molecule has 0 N–H and O–H groups in total. The molecule has 0 amide bonds. The Morgan fingerprint density at radius 3 is 1.14 bits per heavy atom. The number of nitrogens with zero attached hydrogens (tertiary/aromatic N) is 2. The van der Waals surface area contributed by atoms with Crippen LogP contribution in [0.15, 0.2) is 221 Å². The van der Waals surface area contributed by atoms with Gasteiger partial charge in [0.2, 0.25) is 0 Å². The first kappa shape index (κ1) is 41.9. The summed E-state index contributed by atoms with van der Waals surface area (Å²) in [6.45, 7) is 11.6. The van der Waals surface area contributed by atoms with E-state index in [9.17, 15) is 0 Å². The number of hydrogen-bond acceptors (Lipinski definition) is 4. The minimum Gasteiger partial charge on any atom is -0.456 e. The van der Waals surface area contributed by atoms with Crippen molar-refractivity contribution in [1.82, 2.24) is 0 Å². The quantitative estimate of drug-likeness (QED) is 0.166. The van der Waals surface area contributed by atoms with Crippen LogP contribution in [-0.2, 0) is 10.8 Å². The second kappa shape index (κ2) is 15.1. The summed E-state index contributed by atoms with van der Waals surface area (Å²) in [7, 11) is 0. The summed E-state index contributed by atoms with van der Waals surface area (Å²) in [5.74, 6) is 0. The Labute approximate surface area is 424 Å². The number of benzene rings is 11. The monoisotopic (exact) mass is 938 g/mol. The average Bonchev–Trinajstić information content (AvgIpc) is 4.10. The van der Waals surface area contributed by atoms with Crippen molar-refractivity contribution in [3.8, 4) is 22.3 Å². The van der Waals surface area contributed by atoms with Gasteiger partial charge in [-0.1, -0.05) is 137 Å². The van der Waals surface area contributed by atoms with Crippen molar-refractivity contribution in [2.75, 3.05) is 9.80 Å². The number of fused-ring (bicyclic) bond motifs is 14. The highest BCUT2D eigenvalue weighted by atomic mass is 16.3. The van der Waals surface area contributed by atoms with E-state index in [1.54, 1.807) is 0 Å². The molecule has 2 aliphatic rings. The number of hydrogen-bond donors (Lipinski definition) is 0. The topological polar surface area (TPSA) is 32.8 Å². The molecule has 0 unspecified atom stereocenters. The van der Waals surface area contributed by atoms with Crippen molar-refractivity contribution >= 4 is 99.5 Å². The van der Waals surface area contributed by atoms with Gasteiger partial charge in [-0.2, -0.15) is 0 Å². The highest BCUT2D eigenvalue weighted by Gasteiger charge is 2.37. The summed E-state index contributed by atoms with van der Waals surface area (Å²) < 4.78 is 13.6. The molecular weight excluding hydrogens is 889 g/mol. The van der Waals surface area contributed by atoms with Crippen LogP contribution in [0.25, 0.3) is 87.7 Å². The summed E-state index contributed by atoms with van der Waals surface area (Å²) in [6, 6.07) is 77.8. The zero-order valence-corrected chi connectivity index (χ0v) is 41.4. The van der Waals surface area contributed by atoms with Crippen LogP contribution in [0.5, 0.6) is 0 Å². The van der Waals surface area contributed by atoms with E-state index >= 15 is 0 Å². The fraction of sp³-hybridized carbons (Fsp3) is 0.101. The van der Waals surface area contributed by atoms with E-state index in [-0.39, 0.29) is 10.8 Å². The van der Waals surface area contributed by atoms with Gasteiger partial charge in [-0.3, -0.25) is 0 Å². The number of rotatable bonds is 6. The largest absolute Gasteiger partial charge is 0.456 e. The number of anilines is 6. The van der Waals surface area contributed by atoms with Crippen LogP contribution >= 0.6 is 0 Å². The van der Waals surface area contributed by atoms with Crippen LogP contribution in [0.3, 0.4) is 0 Å². The van der Waals surface area contributed by atoms with E-state index in [1.165, 1.54) is 44.5 Å². The van der Waals surface area contributed by atoms with Gasteiger partial charge in [0.1, 0.15) is 22.3 Å². The lowest BCUT2D eigenvalue weighted by molar-refractivity contribution is 0.656. The number of furan rings is 2. The van der Waals surface area contributed by atoms with Crippen LogP contribution in [0, 0.1) is 6.92 Å². The van der Waals surface area contributed by atoms with E-state index < -0.39 is 0 Å². The Hall–Kier alpha value is -8.86. The highest BCUT2D eigenvalue weighted by Crippen LogP contribution is 2.53. The molecule has 0 atom stereocenters.